The van der Waals surface area contributed by atoms with Crippen molar-refractivity contribution in [1.29, 1.82) is 5.26 Å². The molecule has 2 aromatic rings. The van der Waals surface area contributed by atoms with E-state index in [9.17, 15) is 14.9 Å². The molecule has 30 heavy (non-hydrogen) atoms. The van der Waals surface area contributed by atoms with Gasteiger partial charge in [0.15, 0.2) is 5.16 Å². The largest absolute Gasteiger partial charge is 0.337 e. The Morgan fingerprint density at radius 1 is 1.43 bits per heavy atom. The van der Waals surface area contributed by atoms with Gasteiger partial charge in [0.25, 0.3) is 5.56 Å². The molecule has 0 spiro atoms. The SMILES string of the molecule is C=CCn1c(SCC(=O)NC(C)(C#N)C2CC2)nc2sc3c(c2c1=O)CCCCC3. The van der Waals surface area contributed by atoms with Crippen molar-refractivity contribution in [3.63, 3.8) is 0 Å². The summed E-state index contributed by atoms with van der Waals surface area (Å²) in [5.74, 6) is 0.133. The van der Waals surface area contributed by atoms with E-state index in [0.29, 0.717) is 11.7 Å². The minimum atomic E-state index is -0.818. The number of nitrogens with one attached hydrogen (secondary N) is 1. The minimum Gasteiger partial charge on any atom is -0.337 e. The number of hydrogen-bond donors (Lipinski definition) is 1. The monoisotopic (exact) mass is 442 g/mol. The second-order valence-corrected chi connectivity index (χ2v) is 10.3. The van der Waals surface area contributed by atoms with Gasteiger partial charge in [-0.3, -0.25) is 14.2 Å². The summed E-state index contributed by atoms with van der Waals surface area (Å²) in [6.45, 7) is 5.92. The van der Waals surface area contributed by atoms with Gasteiger partial charge in [-0.25, -0.2) is 4.98 Å². The molecular formula is C22H26N4O2S2. The Kier molecular flexibility index (Phi) is 6.03. The Balaban J connectivity index is 1.61. The van der Waals surface area contributed by atoms with Crippen molar-refractivity contribution in [1.82, 2.24) is 14.9 Å². The molecule has 2 aliphatic carbocycles. The fourth-order valence-electron chi connectivity index (χ4n) is 4.13. The molecule has 8 heteroatoms. The molecule has 0 bridgehead atoms. The summed E-state index contributed by atoms with van der Waals surface area (Å²) in [6, 6.07) is 2.24. The van der Waals surface area contributed by atoms with Crippen molar-refractivity contribution in [2.24, 2.45) is 5.92 Å². The van der Waals surface area contributed by atoms with E-state index in [1.807, 2.05) is 0 Å². The van der Waals surface area contributed by atoms with Gasteiger partial charge in [-0.1, -0.05) is 24.3 Å². The van der Waals surface area contributed by atoms with Gasteiger partial charge in [-0.2, -0.15) is 5.26 Å². The number of carbonyl (C=O) groups excluding carboxylic acids is 1. The molecule has 1 N–H and O–H groups in total. The second-order valence-electron chi connectivity index (χ2n) is 8.27. The van der Waals surface area contributed by atoms with Gasteiger partial charge in [-0.05, 0) is 56.9 Å². The van der Waals surface area contributed by atoms with Crippen molar-refractivity contribution < 1.29 is 4.79 Å². The second kappa shape index (κ2) is 8.56. The number of fused-ring (bicyclic) bond motifs is 3. The van der Waals surface area contributed by atoms with Crippen molar-refractivity contribution in [3.8, 4) is 6.07 Å². The maximum atomic E-state index is 13.3. The summed E-state index contributed by atoms with van der Waals surface area (Å²) in [4.78, 5) is 32.7. The number of thioether (sulfide) groups is 1. The van der Waals surface area contributed by atoms with E-state index >= 15 is 0 Å². The van der Waals surface area contributed by atoms with Crippen LogP contribution in [0, 0.1) is 17.2 Å². The lowest BCUT2D eigenvalue weighted by Crippen LogP contribution is -2.47. The van der Waals surface area contributed by atoms with Gasteiger partial charge in [-0.15, -0.1) is 17.9 Å². The standard InChI is InChI=1S/C22H26N4O2S2/c1-3-11-26-20(28)18-15-7-5-4-6-8-16(15)30-19(18)24-21(26)29-12-17(27)25-22(2,13-23)14-9-10-14/h3,14H,1,4-12H2,2H3,(H,25,27). The van der Waals surface area contributed by atoms with E-state index in [1.54, 1.807) is 28.9 Å². The van der Waals surface area contributed by atoms with Crippen molar-refractivity contribution >= 4 is 39.2 Å². The van der Waals surface area contributed by atoms with Crippen molar-refractivity contribution in [2.45, 2.75) is 69.1 Å². The number of aryl methyl sites for hydroxylation is 2. The molecular weight excluding hydrogens is 416 g/mol. The summed E-state index contributed by atoms with van der Waals surface area (Å²) in [7, 11) is 0. The Hall–Kier alpha value is -2.11. The fourth-order valence-corrected chi connectivity index (χ4v) is 6.25. The first-order chi connectivity index (χ1) is 14.5. The van der Waals surface area contributed by atoms with Crippen LogP contribution in [0.3, 0.4) is 0 Å². The van der Waals surface area contributed by atoms with Crippen LogP contribution < -0.4 is 10.9 Å². The number of rotatable bonds is 7. The first-order valence-electron chi connectivity index (χ1n) is 10.5. The van der Waals surface area contributed by atoms with Crippen molar-refractivity contribution in [2.75, 3.05) is 5.75 Å². The number of amides is 1. The van der Waals surface area contributed by atoms with E-state index in [-0.39, 0.29) is 23.1 Å². The van der Waals surface area contributed by atoms with Crippen LogP contribution in [0.4, 0.5) is 0 Å². The predicted molar refractivity (Wildman–Crippen MR) is 121 cm³/mol. The van der Waals surface area contributed by atoms with Gasteiger partial charge in [0.05, 0.1) is 17.2 Å². The highest BCUT2D eigenvalue weighted by Crippen LogP contribution is 2.39. The molecule has 0 aliphatic heterocycles. The molecule has 2 aliphatic rings. The number of carbonyl (C=O) groups is 1. The Morgan fingerprint density at radius 2 is 2.20 bits per heavy atom. The molecule has 0 saturated heterocycles. The van der Waals surface area contributed by atoms with Crippen LogP contribution in [0.15, 0.2) is 22.6 Å². The molecule has 1 amide bonds. The molecule has 4 rings (SSSR count). The topological polar surface area (TPSA) is 87.8 Å². The molecule has 1 saturated carbocycles. The smallest absolute Gasteiger partial charge is 0.263 e. The van der Waals surface area contributed by atoms with Gasteiger partial charge in [0, 0.05) is 11.4 Å². The van der Waals surface area contributed by atoms with Crippen LogP contribution in [0.1, 0.15) is 49.5 Å². The maximum Gasteiger partial charge on any atom is 0.263 e. The van der Waals surface area contributed by atoms with Gasteiger partial charge in [0.1, 0.15) is 10.4 Å². The van der Waals surface area contributed by atoms with Crippen molar-refractivity contribution in [3.05, 3.63) is 33.4 Å². The number of allylic oxidation sites excluding steroid dienone is 1. The first-order valence-corrected chi connectivity index (χ1v) is 12.3. The number of nitriles is 1. The third kappa shape index (κ3) is 4.06. The Labute approximate surface area is 184 Å². The highest BCUT2D eigenvalue weighted by molar-refractivity contribution is 7.99. The maximum absolute atomic E-state index is 13.3. The summed E-state index contributed by atoms with van der Waals surface area (Å²) in [5.41, 5.74) is 0.314. The third-order valence-electron chi connectivity index (χ3n) is 5.96. The van der Waals surface area contributed by atoms with Crippen LogP contribution in [0.25, 0.3) is 10.2 Å². The normalized spacial score (nSPS) is 18.1. The summed E-state index contributed by atoms with van der Waals surface area (Å²) in [6.07, 6.45) is 9.03. The molecule has 2 aromatic heterocycles. The molecule has 158 valence electrons. The average Bonchev–Trinajstić information content (AvgIpc) is 3.55. The predicted octanol–water partition coefficient (Wildman–Crippen LogP) is 3.81. The van der Waals surface area contributed by atoms with Crippen LogP contribution in [-0.4, -0.2) is 26.8 Å². The van der Waals surface area contributed by atoms with E-state index in [2.05, 4.69) is 18.0 Å². The Morgan fingerprint density at radius 3 is 2.90 bits per heavy atom. The highest BCUT2D eigenvalue weighted by atomic mass is 32.2. The number of hydrogen-bond acceptors (Lipinski definition) is 6. The zero-order valence-electron chi connectivity index (χ0n) is 17.2. The molecule has 1 unspecified atom stereocenters. The zero-order chi connectivity index (χ0) is 21.3. The Bertz CT molecular complexity index is 1090. The lowest BCUT2D eigenvalue weighted by atomic mass is 9.98. The summed E-state index contributed by atoms with van der Waals surface area (Å²) < 4.78 is 1.62. The lowest BCUT2D eigenvalue weighted by Gasteiger charge is -2.22. The molecule has 1 fully saturated rings. The zero-order valence-corrected chi connectivity index (χ0v) is 18.8. The third-order valence-corrected chi connectivity index (χ3v) is 8.12. The average molecular weight is 443 g/mol. The summed E-state index contributed by atoms with van der Waals surface area (Å²) in [5, 5.41) is 13.6. The lowest BCUT2D eigenvalue weighted by molar-refractivity contribution is -0.119. The molecule has 1 atom stereocenters. The highest BCUT2D eigenvalue weighted by Gasteiger charge is 2.43. The molecule has 6 nitrogen and oxygen atoms in total. The number of aromatic nitrogens is 2. The van der Waals surface area contributed by atoms with Gasteiger partial charge in [0.2, 0.25) is 5.91 Å². The van der Waals surface area contributed by atoms with E-state index in [0.717, 1.165) is 48.7 Å². The van der Waals surface area contributed by atoms with E-state index in [1.165, 1.54) is 28.6 Å². The summed E-state index contributed by atoms with van der Waals surface area (Å²) >= 11 is 2.87. The van der Waals surface area contributed by atoms with Gasteiger partial charge >= 0.3 is 0 Å². The number of thiophene rings is 1. The van der Waals surface area contributed by atoms with E-state index in [4.69, 9.17) is 4.98 Å². The van der Waals surface area contributed by atoms with Crippen LogP contribution >= 0.6 is 23.1 Å². The first kappa shape index (κ1) is 21.1. The molecule has 0 radical (unpaired) electrons. The van der Waals surface area contributed by atoms with E-state index < -0.39 is 5.54 Å². The minimum absolute atomic E-state index is 0.0398. The fraction of sp³-hybridized carbons (Fsp3) is 0.545. The van der Waals surface area contributed by atoms with Gasteiger partial charge < -0.3 is 5.32 Å². The number of nitrogens with zero attached hydrogens (tertiary/aromatic N) is 3. The van der Waals surface area contributed by atoms with Crippen LogP contribution in [0.5, 0.6) is 0 Å². The quantitative estimate of drug-likeness (QED) is 0.305. The van der Waals surface area contributed by atoms with Crippen LogP contribution in [0.2, 0.25) is 0 Å². The van der Waals surface area contributed by atoms with Crippen LogP contribution in [-0.2, 0) is 24.2 Å². The molecule has 0 aromatic carbocycles. The molecule has 2 heterocycles.